The Hall–Kier alpha value is -1.67. The smallest absolute Gasteiger partial charge is 0.151 e. The van der Waals surface area contributed by atoms with E-state index in [1.54, 1.807) is 25.3 Å². The molecule has 0 saturated carbocycles. The van der Waals surface area contributed by atoms with Crippen molar-refractivity contribution in [1.29, 1.82) is 0 Å². The highest BCUT2D eigenvalue weighted by Crippen LogP contribution is 2.29. The molecule has 30 heavy (non-hydrogen) atoms. The van der Waals surface area contributed by atoms with E-state index in [2.05, 4.69) is 14.5 Å². The van der Waals surface area contributed by atoms with Crippen LogP contribution in [0, 0.1) is 13.8 Å². The maximum Gasteiger partial charge on any atom is 0.151 e. The Bertz CT molecular complexity index is 1070. The lowest BCUT2D eigenvalue weighted by molar-refractivity contribution is 0.151. The molecule has 0 aliphatic rings. The van der Waals surface area contributed by atoms with E-state index < -0.39 is 10.8 Å². The summed E-state index contributed by atoms with van der Waals surface area (Å²) < 4.78 is 20.2. The summed E-state index contributed by atoms with van der Waals surface area (Å²) in [5.74, 6) is 0.985. The molecule has 3 aromatic rings. The predicted molar refractivity (Wildman–Crippen MR) is 124 cm³/mol. The highest BCUT2D eigenvalue weighted by molar-refractivity contribution is 7.85. The number of nitrogens with zero attached hydrogens (tertiary/aromatic N) is 3. The molecule has 2 aromatic heterocycles. The van der Waals surface area contributed by atoms with Gasteiger partial charge in [0.2, 0.25) is 0 Å². The molecule has 3 rings (SSSR count). The minimum Gasteiger partial charge on any atom is -0.383 e. The molecule has 2 heterocycles. The van der Waals surface area contributed by atoms with Crippen LogP contribution in [0.5, 0.6) is 0 Å². The Morgan fingerprint density at radius 1 is 1.27 bits per heavy atom. The summed E-state index contributed by atoms with van der Waals surface area (Å²) >= 11 is 12.1. The van der Waals surface area contributed by atoms with Gasteiger partial charge in [-0.25, -0.2) is 9.97 Å². The van der Waals surface area contributed by atoms with Crippen molar-refractivity contribution in [1.82, 2.24) is 14.5 Å². The van der Waals surface area contributed by atoms with Gasteiger partial charge in [-0.05, 0) is 50.5 Å². The van der Waals surface area contributed by atoms with Crippen LogP contribution in [0.4, 0.5) is 5.82 Å². The average Bonchev–Trinajstić information content (AvgIpc) is 3.14. The minimum absolute atomic E-state index is 0.104. The van der Waals surface area contributed by atoms with Crippen molar-refractivity contribution in [3.8, 4) is 0 Å². The molecule has 162 valence electrons. The first kappa shape index (κ1) is 23.0. The Labute approximate surface area is 189 Å². The normalized spacial score (nSPS) is 13.6. The number of rotatable bonds is 9. The van der Waals surface area contributed by atoms with Crippen LogP contribution in [0.25, 0.3) is 11.0 Å². The summed E-state index contributed by atoms with van der Waals surface area (Å²) in [5.41, 5.74) is 9.76. The monoisotopic (exact) mass is 468 g/mol. The van der Waals surface area contributed by atoms with Crippen molar-refractivity contribution in [3.05, 3.63) is 45.8 Å². The fraction of sp³-hybridized carbons (Fsp3) is 0.429. The number of unbranched alkanes of at least 4 members (excludes halogenated alkanes) is 1. The zero-order valence-electron chi connectivity index (χ0n) is 17.3. The maximum absolute atomic E-state index is 12.6. The number of fused-ring (bicyclic) bond motifs is 1. The highest BCUT2D eigenvalue weighted by atomic mass is 35.5. The van der Waals surface area contributed by atoms with Gasteiger partial charge in [-0.3, -0.25) is 4.21 Å². The average molecular weight is 469 g/mol. The van der Waals surface area contributed by atoms with Crippen LogP contribution in [0.3, 0.4) is 0 Å². The van der Waals surface area contributed by atoms with Gasteiger partial charge in [0.15, 0.2) is 5.82 Å². The number of hydrogen-bond acceptors (Lipinski definition) is 5. The van der Waals surface area contributed by atoms with Gasteiger partial charge < -0.3 is 15.0 Å². The van der Waals surface area contributed by atoms with Crippen molar-refractivity contribution in [3.63, 3.8) is 0 Å². The quantitative estimate of drug-likeness (QED) is 0.441. The van der Waals surface area contributed by atoms with Gasteiger partial charge in [-0.15, -0.1) is 0 Å². The zero-order chi connectivity index (χ0) is 21.8. The topological polar surface area (TPSA) is 83.0 Å². The number of aryl methyl sites for hydroxylation is 2. The number of anilines is 1. The van der Waals surface area contributed by atoms with Crippen LogP contribution >= 0.6 is 23.2 Å². The molecule has 9 heteroatoms. The van der Waals surface area contributed by atoms with Crippen LogP contribution in [-0.2, 0) is 15.5 Å². The van der Waals surface area contributed by atoms with Gasteiger partial charge in [-0.1, -0.05) is 29.6 Å². The van der Waals surface area contributed by atoms with Gasteiger partial charge >= 0.3 is 0 Å². The number of halogens is 2. The SMILES string of the molecule is COCC(CCCCS(=O)c1ccc(Cl)cc1Cl)n1cnc2c(N)nc(C)c(C)c21. The third-order valence-corrected chi connectivity index (χ3v) is 7.40. The maximum atomic E-state index is 12.6. The molecule has 1 aromatic carbocycles. The van der Waals surface area contributed by atoms with Crippen LogP contribution < -0.4 is 5.73 Å². The second-order valence-electron chi connectivity index (χ2n) is 7.29. The lowest BCUT2D eigenvalue weighted by atomic mass is 10.1. The van der Waals surface area contributed by atoms with Gasteiger partial charge in [0, 0.05) is 23.6 Å². The summed E-state index contributed by atoms with van der Waals surface area (Å²) in [6.45, 7) is 4.54. The molecule has 0 fully saturated rings. The van der Waals surface area contributed by atoms with Crippen molar-refractivity contribution >= 4 is 50.9 Å². The van der Waals surface area contributed by atoms with Gasteiger partial charge in [-0.2, -0.15) is 0 Å². The second-order valence-corrected chi connectivity index (χ2v) is 9.67. The van der Waals surface area contributed by atoms with E-state index in [1.165, 1.54) is 0 Å². The summed E-state index contributed by atoms with van der Waals surface area (Å²) in [5, 5.41) is 0.983. The third-order valence-electron chi connectivity index (χ3n) is 5.23. The number of ether oxygens (including phenoxy) is 1. The molecule has 0 aliphatic heterocycles. The minimum atomic E-state index is -1.16. The lowest BCUT2D eigenvalue weighted by Crippen LogP contribution is -2.15. The van der Waals surface area contributed by atoms with Gasteiger partial charge in [0.05, 0.1) is 45.2 Å². The fourth-order valence-electron chi connectivity index (χ4n) is 3.56. The predicted octanol–water partition coefficient (Wildman–Crippen LogP) is 5.10. The Morgan fingerprint density at radius 3 is 2.73 bits per heavy atom. The number of hydrogen-bond donors (Lipinski definition) is 1. The molecule has 0 amide bonds. The molecule has 0 aliphatic carbocycles. The first-order valence-corrected chi connectivity index (χ1v) is 11.8. The van der Waals surface area contributed by atoms with Gasteiger partial charge in [0.25, 0.3) is 0 Å². The zero-order valence-corrected chi connectivity index (χ0v) is 19.7. The number of benzene rings is 1. The molecule has 2 N–H and O–H groups in total. The largest absolute Gasteiger partial charge is 0.383 e. The van der Waals surface area contributed by atoms with Crippen LogP contribution in [0.15, 0.2) is 29.4 Å². The second kappa shape index (κ2) is 10.1. The molecule has 0 bridgehead atoms. The Morgan fingerprint density at radius 2 is 2.03 bits per heavy atom. The van der Waals surface area contributed by atoms with Crippen molar-refractivity contribution in [2.24, 2.45) is 0 Å². The molecule has 6 nitrogen and oxygen atoms in total. The van der Waals surface area contributed by atoms with Crippen molar-refractivity contribution in [2.75, 3.05) is 25.2 Å². The highest BCUT2D eigenvalue weighted by Gasteiger charge is 2.19. The fourth-order valence-corrected chi connectivity index (χ4v) is 5.41. The number of pyridine rings is 1. The summed E-state index contributed by atoms with van der Waals surface area (Å²) in [4.78, 5) is 9.48. The Balaban J connectivity index is 1.68. The number of aromatic nitrogens is 3. The summed E-state index contributed by atoms with van der Waals surface area (Å²) in [7, 11) is 0.536. The third kappa shape index (κ3) is 4.97. The number of nitrogen functional groups attached to an aromatic ring is 1. The van der Waals surface area contributed by atoms with Crippen LogP contribution in [0.2, 0.25) is 10.0 Å². The molecular formula is C21H26Cl2N4O2S. The number of imidazole rings is 1. The van der Waals surface area contributed by atoms with E-state index in [1.807, 2.05) is 20.2 Å². The van der Waals surface area contributed by atoms with E-state index in [4.69, 9.17) is 33.7 Å². The van der Waals surface area contributed by atoms with Crippen LogP contribution in [0.1, 0.15) is 36.6 Å². The summed E-state index contributed by atoms with van der Waals surface area (Å²) in [6.07, 6.45) is 4.37. The number of methoxy groups -OCH3 is 1. The molecule has 2 unspecified atom stereocenters. The lowest BCUT2D eigenvalue weighted by Gasteiger charge is -2.20. The first-order chi connectivity index (χ1) is 14.3. The van der Waals surface area contributed by atoms with Gasteiger partial charge in [0.1, 0.15) is 5.52 Å². The summed E-state index contributed by atoms with van der Waals surface area (Å²) in [6, 6.07) is 5.17. The first-order valence-electron chi connectivity index (χ1n) is 9.75. The molecule has 0 radical (unpaired) electrons. The molecular weight excluding hydrogens is 443 g/mol. The standard InChI is InChI=1S/C21H26Cl2N4O2S/c1-13-14(2)26-21(24)19-20(13)27(12-25-19)16(11-29-3)6-4-5-9-30(28)18-8-7-15(22)10-17(18)23/h7-8,10,12,16H,4-6,9,11H2,1-3H3,(H2,24,26). The number of nitrogens with two attached hydrogens (primary N) is 1. The van der Waals surface area contributed by atoms with Crippen molar-refractivity contribution < 1.29 is 8.95 Å². The van der Waals surface area contributed by atoms with Crippen molar-refractivity contribution in [2.45, 2.75) is 44.0 Å². The van der Waals surface area contributed by atoms with E-state index in [0.29, 0.717) is 33.1 Å². The van der Waals surface area contributed by atoms with E-state index in [-0.39, 0.29) is 6.04 Å². The van der Waals surface area contributed by atoms with Crippen LogP contribution in [-0.4, -0.2) is 38.2 Å². The van der Waals surface area contributed by atoms with E-state index >= 15 is 0 Å². The Kier molecular flexibility index (Phi) is 7.74. The molecule has 2 atom stereocenters. The van der Waals surface area contributed by atoms with E-state index in [0.717, 1.165) is 41.6 Å². The molecule has 0 saturated heterocycles. The van der Waals surface area contributed by atoms with E-state index in [9.17, 15) is 4.21 Å². The molecule has 0 spiro atoms.